The predicted octanol–water partition coefficient (Wildman–Crippen LogP) is 1.75. The number of ether oxygens (including phenoxy) is 1. The molecule has 2 rings (SSSR count). The van der Waals surface area contributed by atoms with Gasteiger partial charge in [0.15, 0.2) is 0 Å². The number of esters is 1. The molecule has 0 aliphatic heterocycles. The van der Waals surface area contributed by atoms with Crippen LogP contribution in [0.1, 0.15) is 28.0 Å². The van der Waals surface area contributed by atoms with Gasteiger partial charge in [-0.3, -0.25) is 4.79 Å². The Bertz CT molecular complexity index is 733. The van der Waals surface area contributed by atoms with E-state index in [4.69, 9.17) is 4.74 Å². The molecule has 0 radical (unpaired) electrons. The number of aromatic amines is 1. The number of hydrogen-bond donors (Lipinski definition) is 2. The first-order valence-corrected chi connectivity index (χ1v) is 7.41. The van der Waals surface area contributed by atoms with Crippen LogP contribution in [0.15, 0.2) is 17.4 Å². The van der Waals surface area contributed by atoms with Crippen molar-refractivity contribution >= 4 is 27.5 Å². The number of aromatic nitrogens is 2. The summed E-state index contributed by atoms with van der Waals surface area (Å²) in [7, 11) is 0. The summed E-state index contributed by atoms with van der Waals surface area (Å²) in [4.78, 5) is 32.2. The molecular formula is C14H17N3O3S. The lowest BCUT2D eigenvalue weighted by atomic mass is 10.2. The molecule has 0 unspecified atom stereocenters. The lowest BCUT2D eigenvalue weighted by molar-refractivity contribution is 0.0555. The highest BCUT2D eigenvalue weighted by atomic mass is 32.1. The van der Waals surface area contributed by atoms with Gasteiger partial charge in [-0.1, -0.05) is 19.6 Å². The van der Waals surface area contributed by atoms with Crippen LogP contribution >= 0.6 is 11.3 Å². The summed E-state index contributed by atoms with van der Waals surface area (Å²) in [5.41, 5.74) is 0.372. The summed E-state index contributed by atoms with van der Waals surface area (Å²) in [6.07, 6.45) is 1.50. The van der Waals surface area contributed by atoms with Crippen LogP contribution in [0, 0.1) is 6.92 Å². The number of hydrogen-bond acceptors (Lipinski definition) is 6. The molecule has 2 aromatic heterocycles. The normalized spacial score (nSPS) is 10.8. The fourth-order valence-corrected chi connectivity index (χ4v) is 3.00. The van der Waals surface area contributed by atoms with Gasteiger partial charge in [-0.2, -0.15) is 0 Å². The Morgan fingerprint density at radius 1 is 1.57 bits per heavy atom. The van der Waals surface area contributed by atoms with Crippen molar-refractivity contribution in [2.75, 3.05) is 13.2 Å². The molecular weight excluding hydrogens is 290 g/mol. The zero-order valence-electron chi connectivity index (χ0n) is 12.0. The average molecular weight is 307 g/mol. The summed E-state index contributed by atoms with van der Waals surface area (Å²) < 4.78 is 5.02. The van der Waals surface area contributed by atoms with E-state index in [1.807, 2.05) is 6.92 Å². The van der Waals surface area contributed by atoms with E-state index < -0.39 is 5.97 Å². The molecule has 0 aromatic carbocycles. The minimum absolute atomic E-state index is 0.141. The minimum Gasteiger partial charge on any atom is -0.457 e. The van der Waals surface area contributed by atoms with E-state index in [-0.39, 0.29) is 12.2 Å². The van der Waals surface area contributed by atoms with Crippen LogP contribution in [0.2, 0.25) is 0 Å². The van der Waals surface area contributed by atoms with Crippen LogP contribution in [0.4, 0.5) is 0 Å². The van der Waals surface area contributed by atoms with Crippen LogP contribution < -0.4 is 10.9 Å². The number of nitrogens with zero attached hydrogens (tertiary/aromatic N) is 1. The number of nitrogens with one attached hydrogen (secondary N) is 2. The van der Waals surface area contributed by atoms with Crippen molar-refractivity contribution in [3.63, 3.8) is 0 Å². The van der Waals surface area contributed by atoms with Crippen molar-refractivity contribution in [1.82, 2.24) is 15.3 Å². The van der Waals surface area contributed by atoms with E-state index in [9.17, 15) is 9.59 Å². The van der Waals surface area contributed by atoms with E-state index in [1.165, 1.54) is 17.4 Å². The molecule has 0 fully saturated rings. The van der Waals surface area contributed by atoms with Gasteiger partial charge in [0.1, 0.15) is 22.1 Å². The van der Waals surface area contributed by atoms with Gasteiger partial charge in [0, 0.05) is 0 Å². The first-order chi connectivity index (χ1) is 10.1. The van der Waals surface area contributed by atoms with Crippen LogP contribution in [0.3, 0.4) is 0 Å². The number of rotatable bonds is 6. The molecule has 0 atom stereocenters. The fourth-order valence-electron chi connectivity index (χ4n) is 1.91. The van der Waals surface area contributed by atoms with E-state index >= 15 is 0 Å². The monoisotopic (exact) mass is 307 g/mol. The summed E-state index contributed by atoms with van der Waals surface area (Å²) in [6.45, 7) is 8.60. The molecule has 0 aliphatic carbocycles. The zero-order chi connectivity index (χ0) is 15.4. The molecule has 0 bridgehead atoms. The van der Waals surface area contributed by atoms with Gasteiger partial charge >= 0.3 is 5.97 Å². The summed E-state index contributed by atoms with van der Waals surface area (Å²) >= 11 is 1.18. The highest BCUT2D eigenvalue weighted by Crippen LogP contribution is 2.27. The summed E-state index contributed by atoms with van der Waals surface area (Å²) in [5.74, 6) is 0.102. The number of carbonyl (C=O) groups excluding carboxylic acids is 1. The second kappa shape index (κ2) is 6.64. The SMILES string of the molecule is C=CCOC(=O)c1sc2nc(CNCC)[nH]c(=O)c2c1C. The lowest BCUT2D eigenvalue weighted by Gasteiger charge is -2.01. The first-order valence-electron chi connectivity index (χ1n) is 6.59. The van der Waals surface area contributed by atoms with Gasteiger partial charge < -0.3 is 15.0 Å². The van der Waals surface area contributed by atoms with Crippen molar-refractivity contribution in [3.8, 4) is 0 Å². The van der Waals surface area contributed by atoms with Crippen LogP contribution in [-0.4, -0.2) is 29.1 Å². The Balaban J connectivity index is 2.44. The lowest BCUT2D eigenvalue weighted by Crippen LogP contribution is -2.18. The highest BCUT2D eigenvalue weighted by Gasteiger charge is 2.20. The topological polar surface area (TPSA) is 84.1 Å². The van der Waals surface area contributed by atoms with Crippen LogP contribution in [0.5, 0.6) is 0 Å². The molecule has 112 valence electrons. The smallest absolute Gasteiger partial charge is 0.348 e. The maximum absolute atomic E-state index is 12.1. The maximum atomic E-state index is 12.1. The van der Waals surface area contributed by atoms with Crippen molar-refractivity contribution < 1.29 is 9.53 Å². The Kier molecular flexibility index (Phi) is 4.87. The minimum atomic E-state index is -0.456. The van der Waals surface area contributed by atoms with Gasteiger partial charge in [-0.15, -0.1) is 11.3 Å². The molecule has 7 heteroatoms. The molecule has 0 saturated heterocycles. The van der Waals surface area contributed by atoms with E-state index in [2.05, 4.69) is 21.9 Å². The van der Waals surface area contributed by atoms with Gasteiger partial charge in [-0.25, -0.2) is 9.78 Å². The Labute approximate surface area is 125 Å². The van der Waals surface area contributed by atoms with Crippen molar-refractivity contribution in [2.45, 2.75) is 20.4 Å². The van der Waals surface area contributed by atoms with Crippen molar-refractivity contribution in [3.05, 3.63) is 39.3 Å². The highest BCUT2D eigenvalue weighted by molar-refractivity contribution is 7.20. The zero-order valence-corrected chi connectivity index (χ0v) is 12.8. The average Bonchev–Trinajstić information content (AvgIpc) is 2.80. The maximum Gasteiger partial charge on any atom is 0.348 e. The number of fused-ring (bicyclic) bond motifs is 1. The largest absolute Gasteiger partial charge is 0.457 e. The molecule has 21 heavy (non-hydrogen) atoms. The van der Waals surface area contributed by atoms with Gasteiger partial charge in [-0.05, 0) is 19.0 Å². The third kappa shape index (κ3) is 3.20. The van der Waals surface area contributed by atoms with Crippen LogP contribution in [0.25, 0.3) is 10.2 Å². The van der Waals surface area contributed by atoms with E-state index in [1.54, 1.807) is 6.92 Å². The second-order valence-corrected chi connectivity index (χ2v) is 5.42. The summed E-state index contributed by atoms with van der Waals surface area (Å²) in [6, 6.07) is 0. The number of H-pyrrole nitrogens is 1. The molecule has 0 saturated carbocycles. The fraction of sp³-hybridized carbons (Fsp3) is 0.357. The second-order valence-electron chi connectivity index (χ2n) is 4.42. The first kappa shape index (κ1) is 15.4. The molecule has 0 spiro atoms. The molecule has 2 heterocycles. The number of thiophene rings is 1. The third-order valence-corrected chi connectivity index (χ3v) is 4.08. The number of carbonyl (C=O) groups is 1. The molecule has 0 amide bonds. The van der Waals surface area contributed by atoms with E-state index in [0.29, 0.717) is 33.0 Å². The molecule has 2 aromatic rings. The number of aryl methyl sites for hydroxylation is 1. The van der Waals surface area contributed by atoms with Gasteiger partial charge in [0.25, 0.3) is 5.56 Å². The Morgan fingerprint density at radius 2 is 2.33 bits per heavy atom. The Hall–Kier alpha value is -1.99. The van der Waals surface area contributed by atoms with E-state index in [0.717, 1.165) is 6.54 Å². The standard InChI is InChI=1S/C14H17N3O3S/c1-4-6-20-14(19)11-8(3)10-12(18)16-9(7-15-5-2)17-13(10)21-11/h4,15H,1,5-7H2,2-3H3,(H,16,17,18). The van der Waals surface area contributed by atoms with Crippen molar-refractivity contribution in [1.29, 1.82) is 0 Å². The Morgan fingerprint density at radius 3 is 3.00 bits per heavy atom. The van der Waals surface area contributed by atoms with Gasteiger partial charge in [0.05, 0.1) is 11.9 Å². The van der Waals surface area contributed by atoms with Crippen molar-refractivity contribution in [2.24, 2.45) is 0 Å². The molecule has 6 nitrogen and oxygen atoms in total. The van der Waals surface area contributed by atoms with Crippen LogP contribution in [-0.2, 0) is 11.3 Å². The quantitative estimate of drug-likeness (QED) is 0.627. The third-order valence-electron chi connectivity index (χ3n) is 2.91. The molecule has 2 N–H and O–H groups in total. The molecule has 0 aliphatic rings. The summed E-state index contributed by atoms with van der Waals surface area (Å²) in [5, 5.41) is 3.55. The predicted molar refractivity (Wildman–Crippen MR) is 82.8 cm³/mol. The van der Waals surface area contributed by atoms with Gasteiger partial charge in [0.2, 0.25) is 0 Å².